The lowest BCUT2D eigenvalue weighted by molar-refractivity contribution is 0.0498. The van der Waals surface area contributed by atoms with Crippen LogP contribution in [-0.2, 0) is 13.1 Å². The summed E-state index contributed by atoms with van der Waals surface area (Å²) in [5.41, 5.74) is 3.96. The van der Waals surface area contributed by atoms with Crippen molar-refractivity contribution >= 4 is 0 Å². The minimum Gasteiger partial charge on any atom is -0.396 e. The molecule has 1 fully saturated rings. The first-order chi connectivity index (χ1) is 15.5. The van der Waals surface area contributed by atoms with Crippen LogP contribution in [0.2, 0.25) is 0 Å². The van der Waals surface area contributed by atoms with Gasteiger partial charge in [-0.3, -0.25) is 9.80 Å². The molecule has 1 N–H and O–H groups in total. The van der Waals surface area contributed by atoms with Crippen LogP contribution in [0.5, 0.6) is 0 Å². The number of hydrogen-bond donors (Lipinski definition) is 1. The minimum atomic E-state index is -0.832. The molecule has 168 valence electrons. The largest absolute Gasteiger partial charge is 0.396 e. The standard InChI is InChI=1S/C25H28F2N4O/c1-18-4-2-3-5-22(18)25-28-13-20(14-29-25)15-30-9-10-31(21(17-30)8-11-32)16-19-6-7-23(26)24(27)12-19/h2-7,12-14,21,32H,8-11,15-17H2,1H3/t21-/m0/s1. The molecule has 0 spiro atoms. The molecule has 1 aromatic heterocycles. The molecule has 0 bridgehead atoms. The Bertz CT molecular complexity index is 1040. The Labute approximate surface area is 187 Å². The minimum absolute atomic E-state index is 0.0843. The molecule has 2 heterocycles. The lowest BCUT2D eigenvalue weighted by Crippen LogP contribution is -2.52. The molecule has 2 aromatic carbocycles. The Morgan fingerprint density at radius 3 is 2.47 bits per heavy atom. The molecule has 5 nitrogen and oxygen atoms in total. The number of aromatic nitrogens is 2. The highest BCUT2D eigenvalue weighted by Crippen LogP contribution is 2.21. The fourth-order valence-electron chi connectivity index (χ4n) is 4.26. The Balaban J connectivity index is 1.39. The average Bonchev–Trinajstić information content (AvgIpc) is 2.79. The Hall–Kier alpha value is -2.74. The SMILES string of the molecule is Cc1ccccc1-c1ncc(CN2CCN(Cc3ccc(F)c(F)c3)[C@@H](CCO)C2)cn1. The molecule has 0 saturated carbocycles. The number of rotatable bonds is 7. The number of nitrogens with zero attached hydrogens (tertiary/aromatic N) is 4. The fraction of sp³-hybridized carbons (Fsp3) is 0.360. The van der Waals surface area contributed by atoms with Crippen LogP contribution in [0, 0.1) is 18.6 Å². The maximum absolute atomic E-state index is 13.6. The number of aliphatic hydroxyl groups is 1. The van der Waals surface area contributed by atoms with Crippen molar-refractivity contribution in [3.05, 3.63) is 83.2 Å². The smallest absolute Gasteiger partial charge is 0.159 e. The van der Waals surface area contributed by atoms with E-state index in [0.717, 1.165) is 54.3 Å². The van der Waals surface area contributed by atoms with Gasteiger partial charge in [0.05, 0.1) is 0 Å². The number of aliphatic hydroxyl groups excluding tert-OH is 1. The molecule has 1 atom stereocenters. The summed E-state index contributed by atoms with van der Waals surface area (Å²) in [6.45, 7) is 5.80. The van der Waals surface area contributed by atoms with Gasteiger partial charge in [0.1, 0.15) is 0 Å². The normalized spacial score (nSPS) is 17.6. The van der Waals surface area contributed by atoms with Crippen molar-refractivity contribution in [2.75, 3.05) is 26.2 Å². The molecule has 7 heteroatoms. The molecular formula is C25H28F2N4O. The van der Waals surface area contributed by atoms with E-state index >= 15 is 0 Å². The van der Waals surface area contributed by atoms with Crippen LogP contribution in [0.3, 0.4) is 0 Å². The van der Waals surface area contributed by atoms with E-state index in [2.05, 4.69) is 19.8 Å². The van der Waals surface area contributed by atoms with Crippen molar-refractivity contribution in [1.29, 1.82) is 0 Å². The lowest BCUT2D eigenvalue weighted by Gasteiger charge is -2.41. The molecule has 32 heavy (non-hydrogen) atoms. The van der Waals surface area contributed by atoms with Gasteiger partial charge in [0.15, 0.2) is 17.5 Å². The van der Waals surface area contributed by atoms with Crippen LogP contribution in [0.4, 0.5) is 8.78 Å². The zero-order chi connectivity index (χ0) is 22.5. The van der Waals surface area contributed by atoms with Crippen LogP contribution in [0.25, 0.3) is 11.4 Å². The van der Waals surface area contributed by atoms with Crippen LogP contribution in [-0.4, -0.2) is 57.2 Å². The molecule has 0 amide bonds. The third-order valence-corrected chi connectivity index (χ3v) is 6.02. The van der Waals surface area contributed by atoms with E-state index in [1.165, 1.54) is 12.1 Å². The summed E-state index contributed by atoms with van der Waals surface area (Å²) in [7, 11) is 0. The van der Waals surface area contributed by atoms with E-state index in [1.807, 2.05) is 43.6 Å². The quantitative estimate of drug-likeness (QED) is 0.608. The zero-order valence-electron chi connectivity index (χ0n) is 18.2. The third kappa shape index (κ3) is 5.35. The van der Waals surface area contributed by atoms with E-state index in [9.17, 15) is 13.9 Å². The monoisotopic (exact) mass is 438 g/mol. The van der Waals surface area contributed by atoms with Gasteiger partial charge >= 0.3 is 0 Å². The second kappa shape index (κ2) is 10.3. The molecule has 0 radical (unpaired) electrons. The van der Waals surface area contributed by atoms with Gasteiger partial charge in [-0.2, -0.15) is 0 Å². The van der Waals surface area contributed by atoms with Crippen molar-refractivity contribution in [3.8, 4) is 11.4 Å². The van der Waals surface area contributed by atoms with Gasteiger partial charge < -0.3 is 5.11 Å². The summed E-state index contributed by atoms with van der Waals surface area (Å²) >= 11 is 0. The average molecular weight is 439 g/mol. The van der Waals surface area contributed by atoms with Crippen molar-refractivity contribution in [2.45, 2.75) is 32.5 Å². The maximum atomic E-state index is 13.6. The van der Waals surface area contributed by atoms with Crippen molar-refractivity contribution in [1.82, 2.24) is 19.8 Å². The predicted octanol–water partition coefficient (Wildman–Crippen LogP) is 3.80. The highest BCUT2D eigenvalue weighted by Gasteiger charge is 2.27. The topological polar surface area (TPSA) is 52.5 Å². The summed E-state index contributed by atoms with van der Waals surface area (Å²) in [5.74, 6) is -0.934. The summed E-state index contributed by atoms with van der Waals surface area (Å²) in [5, 5.41) is 9.55. The van der Waals surface area contributed by atoms with Crippen LogP contribution in [0.1, 0.15) is 23.1 Å². The first-order valence-electron chi connectivity index (χ1n) is 10.9. The van der Waals surface area contributed by atoms with E-state index in [-0.39, 0.29) is 12.6 Å². The highest BCUT2D eigenvalue weighted by molar-refractivity contribution is 5.59. The third-order valence-electron chi connectivity index (χ3n) is 6.02. The second-order valence-electron chi connectivity index (χ2n) is 8.35. The van der Waals surface area contributed by atoms with Crippen LogP contribution >= 0.6 is 0 Å². The van der Waals surface area contributed by atoms with E-state index in [0.29, 0.717) is 13.0 Å². The molecule has 0 unspecified atom stereocenters. The fourth-order valence-corrected chi connectivity index (χ4v) is 4.26. The first-order valence-corrected chi connectivity index (χ1v) is 10.9. The number of benzene rings is 2. The molecule has 0 aliphatic carbocycles. The highest BCUT2D eigenvalue weighted by atomic mass is 19.2. The van der Waals surface area contributed by atoms with E-state index in [1.54, 1.807) is 6.07 Å². The molecular weight excluding hydrogens is 410 g/mol. The Morgan fingerprint density at radius 2 is 1.75 bits per heavy atom. The number of hydrogen-bond acceptors (Lipinski definition) is 5. The van der Waals surface area contributed by atoms with E-state index in [4.69, 9.17) is 0 Å². The Kier molecular flexibility index (Phi) is 7.19. The second-order valence-corrected chi connectivity index (χ2v) is 8.35. The predicted molar refractivity (Wildman–Crippen MR) is 120 cm³/mol. The van der Waals surface area contributed by atoms with Gasteiger partial charge in [-0.05, 0) is 36.6 Å². The van der Waals surface area contributed by atoms with Crippen molar-refractivity contribution in [2.24, 2.45) is 0 Å². The molecule has 1 aliphatic rings. The summed E-state index contributed by atoms with van der Waals surface area (Å²) in [6.07, 6.45) is 4.38. The van der Waals surface area contributed by atoms with Crippen molar-refractivity contribution < 1.29 is 13.9 Å². The number of halogens is 2. The van der Waals surface area contributed by atoms with Gasteiger partial charge in [-0.1, -0.05) is 30.3 Å². The van der Waals surface area contributed by atoms with Gasteiger partial charge in [-0.25, -0.2) is 18.7 Å². The molecule has 3 aromatic rings. The number of piperazine rings is 1. The summed E-state index contributed by atoms with van der Waals surface area (Å²) in [6, 6.07) is 12.2. The van der Waals surface area contributed by atoms with E-state index < -0.39 is 11.6 Å². The van der Waals surface area contributed by atoms with Crippen LogP contribution in [0.15, 0.2) is 54.9 Å². The summed E-state index contributed by atoms with van der Waals surface area (Å²) < 4.78 is 26.8. The van der Waals surface area contributed by atoms with Gasteiger partial charge in [0, 0.05) is 68.9 Å². The van der Waals surface area contributed by atoms with Gasteiger partial charge in [0.2, 0.25) is 0 Å². The van der Waals surface area contributed by atoms with Crippen molar-refractivity contribution in [3.63, 3.8) is 0 Å². The summed E-state index contributed by atoms with van der Waals surface area (Å²) in [4.78, 5) is 13.7. The number of aryl methyl sites for hydroxylation is 1. The van der Waals surface area contributed by atoms with Gasteiger partial charge in [-0.15, -0.1) is 0 Å². The Morgan fingerprint density at radius 1 is 0.969 bits per heavy atom. The van der Waals surface area contributed by atoms with Gasteiger partial charge in [0.25, 0.3) is 0 Å². The lowest BCUT2D eigenvalue weighted by atomic mass is 10.1. The molecule has 1 aliphatic heterocycles. The zero-order valence-corrected chi connectivity index (χ0v) is 18.2. The maximum Gasteiger partial charge on any atom is 0.159 e. The molecule has 4 rings (SSSR count). The molecule has 1 saturated heterocycles. The first kappa shape index (κ1) is 22.5. The van der Waals surface area contributed by atoms with Crippen LogP contribution < -0.4 is 0 Å².